The lowest BCUT2D eigenvalue weighted by Gasteiger charge is -2.45. The number of rotatable bonds is 2. The first-order valence-electron chi connectivity index (χ1n) is 10.3. The van der Waals surface area contributed by atoms with Crippen molar-refractivity contribution in [2.45, 2.75) is 25.0 Å². The van der Waals surface area contributed by atoms with Crippen LogP contribution in [-0.4, -0.2) is 47.0 Å². The fourth-order valence-electron chi connectivity index (χ4n) is 4.17. The lowest BCUT2D eigenvalue weighted by molar-refractivity contribution is -0.111. The zero-order valence-electron chi connectivity index (χ0n) is 16.8. The van der Waals surface area contributed by atoms with Crippen LogP contribution >= 0.6 is 11.8 Å². The number of amides is 1. The molecule has 5 rings (SSSR count). The number of benzene rings is 2. The van der Waals surface area contributed by atoms with Crippen molar-refractivity contribution in [2.24, 2.45) is 0 Å². The van der Waals surface area contributed by atoms with Gasteiger partial charge >= 0.3 is 6.09 Å². The number of allylic oxidation sites excluding steroid dienone is 1. The molecule has 1 amide bonds. The van der Waals surface area contributed by atoms with E-state index in [4.69, 9.17) is 9.47 Å². The second kappa shape index (κ2) is 7.89. The minimum absolute atomic E-state index is 0.247. The Hall–Kier alpha value is -3.06. The number of hydrogen-bond donors (Lipinski definition) is 0. The topological polar surface area (TPSA) is 72.9 Å². The SMILES string of the molecule is O=C1C(=O)c2ccccc2C2=C1SCC1(CCN(C(=O)OCc3ccccc3)CC1)O2. The molecule has 0 aromatic heterocycles. The molecule has 0 unspecified atom stereocenters. The van der Waals surface area contributed by atoms with Crippen molar-refractivity contribution in [1.82, 2.24) is 4.90 Å². The predicted octanol–water partition coefficient (Wildman–Crippen LogP) is 4.06. The molecule has 0 bridgehead atoms. The summed E-state index contributed by atoms with van der Waals surface area (Å²) in [7, 11) is 0. The van der Waals surface area contributed by atoms with Crippen molar-refractivity contribution < 1.29 is 23.9 Å². The Morgan fingerprint density at radius 2 is 1.65 bits per heavy atom. The Bertz CT molecular complexity index is 1090. The Balaban J connectivity index is 1.27. The molecule has 1 saturated heterocycles. The number of nitrogens with zero attached hydrogens (tertiary/aromatic N) is 1. The van der Waals surface area contributed by atoms with E-state index in [0.29, 0.717) is 53.5 Å². The second-order valence-electron chi connectivity index (χ2n) is 7.96. The fourth-order valence-corrected chi connectivity index (χ4v) is 5.43. The molecule has 158 valence electrons. The van der Waals surface area contributed by atoms with Gasteiger partial charge in [-0.15, -0.1) is 11.8 Å². The van der Waals surface area contributed by atoms with Gasteiger partial charge in [0.15, 0.2) is 0 Å². The molecule has 0 atom stereocenters. The van der Waals surface area contributed by atoms with Gasteiger partial charge in [-0.3, -0.25) is 9.59 Å². The molecule has 3 aliphatic rings. The average Bonchev–Trinajstić information content (AvgIpc) is 2.82. The largest absolute Gasteiger partial charge is 0.484 e. The zero-order chi connectivity index (χ0) is 21.4. The van der Waals surface area contributed by atoms with Crippen LogP contribution in [0.25, 0.3) is 5.76 Å². The van der Waals surface area contributed by atoms with Crippen molar-refractivity contribution in [1.29, 1.82) is 0 Å². The van der Waals surface area contributed by atoms with Gasteiger partial charge in [0.2, 0.25) is 11.6 Å². The molecule has 6 nitrogen and oxygen atoms in total. The van der Waals surface area contributed by atoms with Crippen molar-refractivity contribution >= 4 is 35.2 Å². The van der Waals surface area contributed by atoms with Crippen molar-refractivity contribution in [3.8, 4) is 0 Å². The molecule has 0 N–H and O–H groups in total. The Kier molecular flexibility index (Phi) is 5.06. The van der Waals surface area contributed by atoms with Crippen molar-refractivity contribution in [3.63, 3.8) is 0 Å². The summed E-state index contributed by atoms with van der Waals surface area (Å²) in [4.78, 5) is 39.5. The maximum Gasteiger partial charge on any atom is 0.410 e. The highest BCUT2D eigenvalue weighted by Gasteiger charge is 2.46. The minimum Gasteiger partial charge on any atom is -0.484 e. The Morgan fingerprint density at radius 1 is 0.968 bits per heavy atom. The number of piperidine rings is 1. The van der Waals surface area contributed by atoms with E-state index in [1.54, 1.807) is 17.0 Å². The predicted molar refractivity (Wildman–Crippen MR) is 116 cm³/mol. The zero-order valence-corrected chi connectivity index (χ0v) is 17.7. The van der Waals surface area contributed by atoms with E-state index in [0.717, 1.165) is 5.56 Å². The minimum atomic E-state index is -0.490. The van der Waals surface area contributed by atoms with Crippen LogP contribution < -0.4 is 0 Å². The molecule has 1 aliphatic carbocycles. The molecule has 1 fully saturated rings. The highest BCUT2D eigenvalue weighted by molar-refractivity contribution is 8.04. The number of Topliss-reactive ketones (excluding diaryl/α,β-unsaturated/α-hetero) is 2. The summed E-state index contributed by atoms with van der Waals surface area (Å²) in [6, 6.07) is 16.7. The van der Waals surface area contributed by atoms with Crippen LogP contribution in [0.15, 0.2) is 59.5 Å². The molecule has 31 heavy (non-hydrogen) atoms. The van der Waals surface area contributed by atoms with Gasteiger partial charge in [0, 0.05) is 42.8 Å². The third-order valence-corrected chi connectivity index (χ3v) is 7.30. The quantitative estimate of drug-likeness (QED) is 0.663. The van der Waals surface area contributed by atoms with Crippen LogP contribution in [0.2, 0.25) is 0 Å². The molecule has 2 aromatic rings. The van der Waals surface area contributed by atoms with Crippen molar-refractivity contribution in [2.75, 3.05) is 18.8 Å². The van der Waals surface area contributed by atoms with E-state index < -0.39 is 17.2 Å². The number of ether oxygens (including phenoxy) is 2. The normalized spacial score (nSPS) is 19.5. The third kappa shape index (κ3) is 3.63. The van der Waals surface area contributed by atoms with Gasteiger partial charge in [0.25, 0.3) is 0 Å². The number of carbonyl (C=O) groups is 3. The van der Waals surface area contributed by atoms with Crippen LogP contribution in [0.5, 0.6) is 0 Å². The summed E-state index contributed by atoms with van der Waals surface area (Å²) in [5.41, 5.74) is 1.56. The highest BCUT2D eigenvalue weighted by Crippen LogP contribution is 2.47. The monoisotopic (exact) mass is 435 g/mol. The number of ketones is 2. The molecular formula is C24H21NO5S. The molecule has 7 heteroatoms. The maximum absolute atomic E-state index is 12.5. The summed E-state index contributed by atoms with van der Waals surface area (Å²) in [6.07, 6.45) is 0.953. The van der Waals surface area contributed by atoms with Gasteiger partial charge in [-0.25, -0.2) is 4.79 Å². The van der Waals surface area contributed by atoms with Crippen molar-refractivity contribution in [3.05, 3.63) is 76.2 Å². The summed E-state index contributed by atoms with van der Waals surface area (Å²) >= 11 is 1.39. The Labute approximate surface area is 184 Å². The maximum atomic E-state index is 12.5. The first-order valence-corrected chi connectivity index (χ1v) is 11.3. The van der Waals surface area contributed by atoms with Crippen LogP contribution in [0.4, 0.5) is 4.79 Å². The number of carbonyl (C=O) groups excluding carboxylic acids is 3. The van der Waals surface area contributed by atoms with E-state index in [-0.39, 0.29) is 12.7 Å². The number of hydrogen-bond acceptors (Lipinski definition) is 6. The molecular weight excluding hydrogens is 414 g/mol. The summed E-state index contributed by atoms with van der Waals surface area (Å²) < 4.78 is 11.9. The first-order chi connectivity index (χ1) is 15.1. The molecule has 2 aliphatic heterocycles. The van der Waals surface area contributed by atoms with Gasteiger partial charge < -0.3 is 14.4 Å². The molecule has 0 radical (unpaired) electrons. The van der Waals surface area contributed by atoms with Crippen LogP contribution in [0.3, 0.4) is 0 Å². The number of thioether (sulfide) groups is 1. The van der Waals surface area contributed by atoms with Gasteiger partial charge in [-0.05, 0) is 5.56 Å². The lowest BCUT2D eigenvalue weighted by atomic mass is 9.90. The fraction of sp³-hybridized carbons (Fsp3) is 0.292. The standard InChI is InChI=1S/C24H21NO5S/c26-19-17-8-4-5-9-18(17)21-22(20(19)27)31-15-24(30-21)10-12-25(13-11-24)23(28)29-14-16-6-2-1-3-7-16/h1-9H,10-15H2. The van der Waals surface area contributed by atoms with Gasteiger partial charge in [0.05, 0.1) is 0 Å². The van der Waals surface area contributed by atoms with Crippen LogP contribution in [0, 0.1) is 0 Å². The summed E-state index contributed by atoms with van der Waals surface area (Å²) in [6.45, 7) is 1.29. The highest BCUT2D eigenvalue weighted by atomic mass is 32.2. The van der Waals surface area contributed by atoms with E-state index in [2.05, 4.69) is 0 Å². The molecule has 2 heterocycles. The van der Waals surface area contributed by atoms with Gasteiger partial charge in [0.1, 0.15) is 22.9 Å². The van der Waals surface area contributed by atoms with E-state index >= 15 is 0 Å². The third-order valence-electron chi connectivity index (χ3n) is 5.97. The van der Waals surface area contributed by atoms with E-state index in [1.807, 2.05) is 42.5 Å². The summed E-state index contributed by atoms with van der Waals surface area (Å²) in [5, 5.41) is 0. The van der Waals surface area contributed by atoms with Gasteiger partial charge in [-0.1, -0.05) is 54.6 Å². The Morgan fingerprint density at radius 3 is 2.39 bits per heavy atom. The van der Waals surface area contributed by atoms with Gasteiger partial charge in [-0.2, -0.15) is 0 Å². The smallest absolute Gasteiger partial charge is 0.410 e. The first kappa shape index (κ1) is 19.9. The molecule has 1 spiro atoms. The number of likely N-dealkylation sites (tertiary alicyclic amines) is 1. The van der Waals surface area contributed by atoms with Crippen LogP contribution in [0.1, 0.15) is 34.3 Å². The van der Waals surface area contributed by atoms with E-state index in [1.165, 1.54) is 11.8 Å². The lowest BCUT2D eigenvalue weighted by Crippen LogP contribution is -2.51. The average molecular weight is 436 g/mol. The van der Waals surface area contributed by atoms with Crippen LogP contribution in [-0.2, 0) is 20.9 Å². The number of fused-ring (bicyclic) bond motifs is 2. The van der Waals surface area contributed by atoms with E-state index in [9.17, 15) is 14.4 Å². The summed E-state index contributed by atoms with van der Waals surface area (Å²) in [5.74, 6) is 0.129. The molecule has 0 saturated carbocycles. The second-order valence-corrected chi connectivity index (χ2v) is 8.95. The molecule has 2 aromatic carbocycles.